The van der Waals surface area contributed by atoms with E-state index in [9.17, 15) is 8.42 Å². The highest BCUT2D eigenvalue weighted by molar-refractivity contribution is 9.10. The van der Waals surface area contributed by atoms with E-state index >= 15 is 0 Å². The molecule has 2 heterocycles. The molecule has 0 aliphatic carbocycles. The average Bonchev–Trinajstić information content (AvgIpc) is 2.93. The van der Waals surface area contributed by atoms with E-state index in [2.05, 4.69) is 46.2 Å². The summed E-state index contributed by atoms with van der Waals surface area (Å²) in [5, 5.41) is 6.37. The maximum Gasteiger partial charge on any atom is 0.242 e. The van der Waals surface area contributed by atoms with Crippen molar-refractivity contribution in [3.05, 3.63) is 47.1 Å². The normalized spacial score (nSPS) is 13.7. The van der Waals surface area contributed by atoms with E-state index in [1.54, 1.807) is 31.3 Å². The molecule has 1 aliphatic rings. The van der Waals surface area contributed by atoms with Gasteiger partial charge in [0.05, 0.1) is 48.0 Å². The first-order valence-corrected chi connectivity index (χ1v) is 15.1. The Hall–Kier alpha value is -3.13. The van der Waals surface area contributed by atoms with E-state index in [-0.39, 0.29) is 17.4 Å². The van der Waals surface area contributed by atoms with Crippen molar-refractivity contribution < 1.29 is 22.6 Å². The lowest BCUT2D eigenvalue weighted by atomic mass is 10.2. The Bertz CT molecular complexity index is 1390. The van der Waals surface area contributed by atoms with Crippen molar-refractivity contribution in [1.29, 1.82) is 0 Å². The number of aromatic nitrogens is 2. The molecule has 4 rings (SSSR count). The summed E-state index contributed by atoms with van der Waals surface area (Å²) >= 11 is 3.46. The number of sulfonamides is 1. The molecule has 3 aromatic rings. The molecule has 13 heteroatoms. The van der Waals surface area contributed by atoms with Crippen molar-refractivity contribution in [1.82, 2.24) is 14.7 Å². The van der Waals surface area contributed by atoms with Crippen molar-refractivity contribution in [3.63, 3.8) is 0 Å². The number of hydrogen-bond acceptors (Lipinski definition) is 10. The fourth-order valence-corrected chi connectivity index (χ4v) is 5.57. The molecule has 11 nitrogen and oxygen atoms in total. The molecule has 0 spiro atoms. The Labute approximate surface area is 237 Å². The number of ether oxygens (including phenoxy) is 3. The number of nitrogens with one attached hydrogen (secondary N) is 3. The maximum absolute atomic E-state index is 12.7. The molecule has 3 N–H and O–H groups in total. The molecule has 2 aromatic carbocycles. The average molecular weight is 622 g/mol. The Morgan fingerprint density at radius 3 is 2.44 bits per heavy atom. The lowest BCUT2D eigenvalue weighted by Gasteiger charge is -2.31. The Balaban J connectivity index is 1.67. The molecule has 1 saturated heterocycles. The molecule has 210 valence electrons. The Kier molecular flexibility index (Phi) is 9.83. The zero-order chi connectivity index (χ0) is 27.8. The van der Waals surface area contributed by atoms with E-state index in [0.29, 0.717) is 59.6 Å². The van der Waals surface area contributed by atoms with Crippen LogP contribution < -0.4 is 29.7 Å². The second kappa shape index (κ2) is 13.3. The maximum atomic E-state index is 12.7. The molecule has 0 radical (unpaired) electrons. The number of anilines is 5. The van der Waals surface area contributed by atoms with Crippen LogP contribution in [0.5, 0.6) is 11.5 Å². The lowest BCUT2D eigenvalue weighted by molar-refractivity contribution is 0.122. The Morgan fingerprint density at radius 1 is 1.00 bits per heavy atom. The van der Waals surface area contributed by atoms with E-state index in [1.165, 1.54) is 6.07 Å². The van der Waals surface area contributed by atoms with Gasteiger partial charge in [0.25, 0.3) is 0 Å². The fourth-order valence-electron chi connectivity index (χ4n) is 4.08. The predicted octanol–water partition coefficient (Wildman–Crippen LogP) is 4.66. The second-order valence-corrected chi connectivity index (χ2v) is 11.0. The monoisotopic (exact) mass is 620 g/mol. The first-order chi connectivity index (χ1) is 18.9. The SMILES string of the molecule is CCNS(=O)(=O)c1ccccc1Nc1nc(Nc2cc(OCC)c(N3CCOCC3)cc2OCC)ncc1Br. The highest BCUT2D eigenvalue weighted by Crippen LogP contribution is 2.40. The van der Waals surface area contributed by atoms with Gasteiger partial charge in [-0.15, -0.1) is 0 Å². The molecule has 0 atom stereocenters. The quantitative estimate of drug-likeness (QED) is 0.263. The fraction of sp³-hybridized carbons (Fsp3) is 0.385. The molecule has 0 bridgehead atoms. The number of hydrogen-bond donors (Lipinski definition) is 3. The van der Waals surface area contributed by atoms with Crippen molar-refractivity contribution >= 4 is 54.8 Å². The van der Waals surface area contributed by atoms with E-state index in [4.69, 9.17) is 14.2 Å². The standard InChI is InChI=1S/C26H33BrN6O5S/c1-4-29-39(34,35)24-10-8-7-9-19(24)30-25-18(27)17-28-26(32-25)31-20-15-23(38-6-3)21(16-22(20)37-5-2)33-11-13-36-14-12-33/h7-10,15-17,29H,4-6,11-14H2,1-3H3,(H2,28,30,31,32). The molecule has 39 heavy (non-hydrogen) atoms. The highest BCUT2D eigenvalue weighted by atomic mass is 79.9. The van der Waals surface area contributed by atoms with Crippen LogP contribution in [0.4, 0.5) is 28.8 Å². The summed E-state index contributed by atoms with van der Waals surface area (Å²) in [6, 6.07) is 10.5. The van der Waals surface area contributed by atoms with Gasteiger partial charge in [-0.05, 0) is 41.9 Å². The third-order valence-corrected chi connectivity index (χ3v) is 7.95. The van der Waals surface area contributed by atoms with Crippen LogP contribution in [0.2, 0.25) is 0 Å². The molecular weight excluding hydrogens is 588 g/mol. The summed E-state index contributed by atoms with van der Waals surface area (Å²) in [7, 11) is -3.70. The minimum absolute atomic E-state index is 0.116. The van der Waals surface area contributed by atoms with Gasteiger partial charge in [-0.3, -0.25) is 0 Å². The summed E-state index contributed by atoms with van der Waals surface area (Å²) in [5.41, 5.74) is 1.96. The molecule has 1 aromatic heterocycles. The lowest BCUT2D eigenvalue weighted by Crippen LogP contribution is -2.36. The molecule has 0 amide bonds. The van der Waals surface area contributed by atoms with Crippen LogP contribution in [0.3, 0.4) is 0 Å². The van der Waals surface area contributed by atoms with Crippen molar-refractivity contribution in [2.75, 3.05) is 61.6 Å². The van der Waals surface area contributed by atoms with E-state index < -0.39 is 10.0 Å². The van der Waals surface area contributed by atoms with Gasteiger partial charge in [-0.2, -0.15) is 4.98 Å². The highest BCUT2D eigenvalue weighted by Gasteiger charge is 2.21. The molecule has 1 fully saturated rings. The van der Waals surface area contributed by atoms with Crippen LogP contribution in [0.1, 0.15) is 20.8 Å². The van der Waals surface area contributed by atoms with Gasteiger partial charge in [-0.1, -0.05) is 19.1 Å². The molecule has 0 unspecified atom stereocenters. The van der Waals surface area contributed by atoms with Gasteiger partial charge in [0.15, 0.2) is 0 Å². The van der Waals surface area contributed by atoms with Crippen LogP contribution in [0.25, 0.3) is 0 Å². The zero-order valence-electron chi connectivity index (χ0n) is 22.2. The largest absolute Gasteiger partial charge is 0.492 e. The summed E-state index contributed by atoms with van der Waals surface area (Å²) < 4.78 is 46.0. The first kappa shape index (κ1) is 28.9. The van der Waals surface area contributed by atoms with Gasteiger partial charge < -0.3 is 29.7 Å². The zero-order valence-corrected chi connectivity index (χ0v) is 24.6. The van der Waals surface area contributed by atoms with Gasteiger partial charge in [0, 0.05) is 38.0 Å². The van der Waals surface area contributed by atoms with Crippen molar-refractivity contribution in [3.8, 4) is 11.5 Å². The van der Waals surface area contributed by atoms with Crippen LogP contribution in [-0.2, 0) is 14.8 Å². The summed E-state index contributed by atoms with van der Waals surface area (Å²) in [6.45, 7) is 9.66. The third kappa shape index (κ3) is 7.10. The minimum atomic E-state index is -3.70. The van der Waals surface area contributed by atoms with Gasteiger partial charge >= 0.3 is 0 Å². The summed E-state index contributed by atoms with van der Waals surface area (Å²) in [6.07, 6.45) is 1.59. The van der Waals surface area contributed by atoms with E-state index in [1.807, 2.05) is 26.0 Å². The third-order valence-electron chi connectivity index (χ3n) is 5.77. The van der Waals surface area contributed by atoms with Gasteiger partial charge in [0.1, 0.15) is 22.2 Å². The topological polar surface area (TPSA) is 127 Å². The minimum Gasteiger partial charge on any atom is -0.492 e. The van der Waals surface area contributed by atoms with Gasteiger partial charge in [-0.25, -0.2) is 18.1 Å². The number of para-hydroxylation sites is 1. The van der Waals surface area contributed by atoms with Crippen LogP contribution in [-0.4, -0.2) is 64.4 Å². The van der Waals surface area contributed by atoms with Crippen LogP contribution >= 0.6 is 15.9 Å². The number of rotatable bonds is 12. The Morgan fingerprint density at radius 2 is 1.72 bits per heavy atom. The predicted molar refractivity (Wildman–Crippen MR) is 155 cm³/mol. The van der Waals surface area contributed by atoms with Crippen LogP contribution in [0.15, 0.2) is 52.0 Å². The molecular formula is C26H33BrN6O5S. The van der Waals surface area contributed by atoms with E-state index in [0.717, 1.165) is 18.8 Å². The summed E-state index contributed by atoms with van der Waals surface area (Å²) in [5.74, 6) is 2.02. The smallest absolute Gasteiger partial charge is 0.242 e. The number of benzene rings is 2. The van der Waals surface area contributed by atoms with Crippen molar-refractivity contribution in [2.45, 2.75) is 25.7 Å². The number of nitrogens with zero attached hydrogens (tertiary/aromatic N) is 3. The number of morpholine rings is 1. The van der Waals surface area contributed by atoms with Crippen molar-refractivity contribution in [2.24, 2.45) is 0 Å². The van der Waals surface area contributed by atoms with Gasteiger partial charge in [0.2, 0.25) is 16.0 Å². The number of halogens is 1. The first-order valence-electron chi connectivity index (χ1n) is 12.8. The molecule has 1 aliphatic heterocycles. The second-order valence-electron chi connectivity index (χ2n) is 8.42. The molecule has 0 saturated carbocycles. The summed E-state index contributed by atoms with van der Waals surface area (Å²) in [4.78, 5) is 11.3. The van der Waals surface area contributed by atoms with Crippen LogP contribution in [0, 0.1) is 0 Å².